The summed E-state index contributed by atoms with van der Waals surface area (Å²) < 4.78 is 37.8. The highest BCUT2D eigenvalue weighted by atomic mass is 19.4. The molecule has 1 aromatic carbocycles. The van der Waals surface area contributed by atoms with Crippen LogP contribution in [0.5, 0.6) is 0 Å². The first-order valence-electron chi connectivity index (χ1n) is 8.07. The van der Waals surface area contributed by atoms with Gasteiger partial charge in [0.15, 0.2) is 0 Å². The number of halogens is 3. The molecular formula is C17H21F3N2O. The minimum Gasteiger partial charge on any atom is -0.335 e. The van der Waals surface area contributed by atoms with E-state index in [2.05, 4.69) is 0 Å². The van der Waals surface area contributed by atoms with E-state index in [9.17, 15) is 18.0 Å². The van der Waals surface area contributed by atoms with Crippen LogP contribution < -0.4 is 5.73 Å². The van der Waals surface area contributed by atoms with Crippen molar-refractivity contribution in [2.45, 2.75) is 56.9 Å². The van der Waals surface area contributed by atoms with Crippen LogP contribution in [0.3, 0.4) is 0 Å². The first kappa shape index (κ1) is 16.3. The van der Waals surface area contributed by atoms with Crippen molar-refractivity contribution in [3.8, 4) is 0 Å². The molecule has 0 unspecified atom stereocenters. The molecule has 2 fully saturated rings. The van der Waals surface area contributed by atoms with E-state index in [1.807, 2.05) is 4.90 Å². The van der Waals surface area contributed by atoms with Crippen LogP contribution in [-0.4, -0.2) is 22.9 Å². The molecule has 0 spiro atoms. The minimum atomic E-state index is -4.33. The van der Waals surface area contributed by atoms with Crippen LogP contribution in [0.2, 0.25) is 0 Å². The van der Waals surface area contributed by atoms with Gasteiger partial charge in [-0.2, -0.15) is 13.2 Å². The number of amides is 1. The topological polar surface area (TPSA) is 46.3 Å². The Morgan fingerprint density at radius 2 is 1.78 bits per heavy atom. The fourth-order valence-electron chi connectivity index (χ4n) is 3.24. The van der Waals surface area contributed by atoms with Gasteiger partial charge in [0.1, 0.15) is 0 Å². The third-order valence-corrected chi connectivity index (χ3v) is 4.73. The van der Waals surface area contributed by atoms with Crippen molar-refractivity contribution < 1.29 is 18.0 Å². The largest absolute Gasteiger partial charge is 0.416 e. The Morgan fingerprint density at radius 1 is 1.13 bits per heavy atom. The molecule has 3 nitrogen and oxygen atoms in total. The fraction of sp³-hybridized carbons (Fsp3) is 0.588. The highest BCUT2D eigenvalue weighted by molar-refractivity contribution is 5.80. The van der Waals surface area contributed by atoms with Crippen LogP contribution in [0.15, 0.2) is 24.3 Å². The predicted molar refractivity (Wildman–Crippen MR) is 80.3 cm³/mol. The van der Waals surface area contributed by atoms with Crippen LogP contribution in [0, 0.1) is 5.92 Å². The quantitative estimate of drug-likeness (QED) is 0.922. The molecule has 0 radical (unpaired) electrons. The van der Waals surface area contributed by atoms with Crippen molar-refractivity contribution in [1.29, 1.82) is 0 Å². The molecule has 0 bridgehead atoms. The molecule has 0 aliphatic heterocycles. The van der Waals surface area contributed by atoms with Gasteiger partial charge in [-0.25, -0.2) is 0 Å². The van der Waals surface area contributed by atoms with Crippen molar-refractivity contribution >= 4 is 5.91 Å². The number of carbonyl (C=O) groups is 1. The Morgan fingerprint density at radius 3 is 2.26 bits per heavy atom. The Hall–Kier alpha value is -1.56. The summed E-state index contributed by atoms with van der Waals surface area (Å²) in [5.74, 6) is 0.0837. The highest BCUT2D eigenvalue weighted by Gasteiger charge is 2.38. The van der Waals surface area contributed by atoms with Gasteiger partial charge in [-0.05, 0) is 49.8 Å². The zero-order valence-corrected chi connectivity index (χ0v) is 12.9. The molecule has 1 aromatic rings. The van der Waals surface area contributed by atoms with Gasteiger partial charge in [-0.15, -0.1) is 0 Å². The summed E-state index contributed by atoms with van der Waals surface area (Å²) in [6.07, 6.45) is 0.0291. The second-order valence-electron chi connectivity index (χ2n) is 6.66. The zero-order valence-electron chi connectivity index (χ0n) is 12.9. The first-order valence-corrected chi connectivity index (χ1v) is 8.07. The van der Waals surface area contributed by atoms with Crippen molar-refractivity contribution in [3.05, 3.63) is 35.4 Å². The van der Waals surface area contributed by atoms with Crippen molar-refractivity contribution in [2.24, 2.45) is 11.7 Å². The Bertz CT molecular complexity index is 566. The third kappa shape index (κ3) is 3.86. The standard InChI is InChI=1S/C17H21F3N2O/c18-17(19,20)13-4-1-11(2-5-13)10-22(15-7-8-15)16(23)12-3-6-14(21)9-12/h1-2,4-5,12,14-15H,3,6-10,21H2/t12-,14+/m1/s1. The lowest BCUT2D eigenvalue weighted by molar-refractivity contribution is -0.138. The van der Waals surface area contributed by atoms with E-state index in [0.717, 1.165) is 49.8 Å². The van der Waals surface area contributed by atoms with Gasteiger partial charge in [0, 0.05) is 24.5 Å². The van der Waals surface area contributed by atoms with Crippen LogP contribution in [0.4, 0.5) is 13.2 Å². The predicted octanol–water partition coefficient (Wildman–Crippen LogP) is 3.32. The maximum atomic E-state index is 12.7. The lowest BCUT2D eigenvalue weighted by Crippen LogP contribution is -2.37. The van der Waals surface area contributed by atoms with Crippen LogP contribution in [-0.2, 0) is 17.5 Å². The lowest BCUT2D eigenvalue weighted by Gasteiger charge is -2.26. The summed E-state index contributed by atoms with van der Waals surface area (Å²) in [6.45, 7) is 0.382. The molecule has 2 N–H and O–H groups in total. The van der Waals surface area contributed by atoms with Crippen LogP contribution in [0.1, 0.15) is 43.2 Å². The summed E-state index contributed by atoms with van der Waals surface area (Å²) in [5.41, 5.74) is 5.96. The van der Waals surface area contributed by atoms with Gasteiger partial charge in [0.05, 0.1) is 5.56 Å². The van der Waals surface area contributed by atoms with E-state index in [1.54, 1.807) is 0 Å². The number of benzene rings is 1. The second kappa shape index (κ2) is 6.15. The van der Waals surface area contributed by atoms with Crippen molar-refractivity contribution in [3.63, 3.8) is 0 Å². The second-order valence-corrected chi connectivity index (χ2v) is 6.66. The number of alkyl halides is 3. The molecule has 23 heavy (non-hydrogen) atoms. The van der Waals surface area contributed by atoms with Gasteiger partial charge in [-0.1, -0.05) is 12.1 Å². The van der Waals surface area contributed by atoms with Crippen LogP contribution >= 0.6 is 0 Å². The van der Waals surface area contributed by atoms with E-state index in [1.165, 1.54) is 12.1 Å². The average molecular weight is 326 g/mol. The summed E-state index contributed by atoms with van der Waals surface area (Å²) in [4.78, 5) is 14.5. The number of nitrogens with two attached hydrogens (primary N) is 1. The van der Waals surface area contributed by atoms with Gasteiger partial charge >= 0.3 is 6.18 Å². The van der Waals surface area contributed by atoms with E-state index >= 15 is 0 Å². The highest BCUT2D eigenvalue weighted by Crippen LogP contribution is 2.34. The Balaban J connectivity index is 1.69. The molecule has 126 valence electrons. The molecule has 6 heteroatoms. The maximum absolute atomic E-state index is 12.7. The molecule has 2 saturated carbocycles. The molecular weight excluding hydrogens is 305 g/mol. The SMILES string of the molecule is N[C@H]1CC[C@@H](C(=O)N(Cc2ccc(C(F)(F)F)cc2)C2CC2)C1. The average Bonchev–Trinajstić information content (AvgIpc) is 3.25. The summed E-state index contributed by atoms with van der Waals surface area (Å²) in [5, 5.41) is 0. The summed E-state index contributed by atoms with van der Waals surface area (Å²) >= 11 is 0. The normalized spacial score (nSPS) is 24.7. The number of nitrogens with zero attached hydrogens (tertiary/aromatic N) is 1. The van der Waals surface area contributed by atoms with Crippen molar-refractivity contribution in [1.82, 2.24) is 4.90 Å². The molecule has 3 rings (SSSR count). The number of rotatable bonds is 4. The van der Waals surface area contributed by atoms with Crippen molar-refractivity contribution in [2.75, 3.05) is 0 Å². The molecule has 2 aliphatic carbocycles. The summed E-state index contributed by atoms with van der Waals surface area (Å²) in [6, 6.07) is 5.42. The van der Waals surface area contributed by atoms with Gasteiger partial charge in [-0.3, -0.25) is 4.79 Å². The fourth-order valence-corrected chi connectivity index (χ4v) is 3.24. The summed E-state index contributed by atoms with van der Waals surface area (Å²) in [7, 11) is 0. The Labute approximate surface area is 133 Å². The smallest absolute Gasteiger partial charge is 0.335 e. The molecule has 0 saturated heterocycles. The number of hydrogen-bond donors (Lipinski definition) is 1. The molecule has 2 atom stereocenters. The van der Waals surface area contributed by atoms with E-state index < -0.39 is 11.7 Å². The molecule has 0 heterocycles. The first-order chi connectivity index (χ1) is 10.8. The van der Waals surface area contributed by atoms with E-state index in [0.29, 0.717) is 6.54 Å². The molecule has 2 aliphatic rings. The van der Waals surface area contributed by atoms with Gasteiger partial charge < -0.3 is 10.6 Å². The van der Waals surface area contributed by atoms with Gasteiger partial charge in [0.2, 0.25) is 5.91 Å². The van der Waals surface area contributed by atoms with E-state index in [-0.39, 0.29) is 23.9 Å². The molecule has 1 amide bonds. The number of carbonyl (C=O) groups excluding carboxylic acids is 1. The maximum Gasteiger partial charge on any atom is 0.416 e. The van der Waals surface area contributed by atoms with Crippen LogP contribution in [0.25, 0.3) is 0 Å². The lowest BCUT2D eigenvalue weighted by atomic mass is 10.0. The Kier molecular flexibility index (Phi) is 4.36. The minimum absolute atomic E-state index is 0.0277. The third-order valence-electron chi connectivity index (χ3n) is 4.73. The molecule has 0 aromatic heterocycles. The zero-order chi connectivity index (χ0) is 16.6. The monoisotopic (exact) mass is 326 g/mol. The van der Waals surface area contributed by atoms with E-state index in [4.69, 9.17) is 5.73 Å². The number of hydrogen-bond acceptors (Lipinski definition) is 2. The van der Waals surface area contributed by atoms with Gasteiger partial charge in [0.25, 0.3) is 0 Å².